The Morgan fingerprint density at radius 2 is 2.03 bits per heavy atom. The van der Waals surface area contributed by atoms with Gasteiger partial charge >= 0.3 is 0 Å². The Labute approximate surface area is 184 Å². The number of anilines is 3. The minimum atomic E-state index is -0.545. The van der Waals surface area contributed by atoms with E-state index in [0.29, 0.717) is 40.2 Å². The van der Waals surface area contributed by atoms with Crippen LogP contribution >= 0.6 is 0 Å². The second-order valence-electron chi connectivity index (χ2n) is 7.30. The van der Waals surface area contributed by atoms with Crippen LogP contribution in [0.3, 0.4) is 0 Å². The quantitative estimate of drug-likeness (QED) is 0.434. The van der Waals surface area contributed by atoms with Crippen molar-refractivity contribution in [3.05, 3.63) is 48.6 Å². The maximum atomic E-state index is 12.5. The van der Waals surface area contributed by atoms with E-state index in [2.05, 4.69) is 43.0 Å². The molecule has 1 aromatic carbocycles. The van der Waals surface area contributed by atoms with Crippen molar-refractivity contribution in [1.82, 2.24) is 30.4 Å². The molecule has 0 atom stereocenters. The van der Waals surface area contributed by atoms with Crippen molar-refractivity contribution in [1.29, 1.82) is 0 Å². The summed E-state index contributed by atoms with van der Waals surface area (Å²) < 4.78 is 7.26. The zero-order chi connectivity index (χ0) is 22.7. The molecule has 166 valence electrons. The Balaban J connectivity index is 1.71. The van der Waals surface area contributed by atoms with Gasteiger partial charge in [-0.25, -0.2) is 10.5 Å². The fraction of sp³-hybridized carbons (Fsp3) is 0.286. The third kappa shape index (κ3) is 4.52. The van der Waals surface area contributed by atoms with E-state index in [0.717, 1.165) is 18.5 Å². The maximum absolute atomic E-state index is 12.5. The Morgan fingerprint density at radius 1 is 1.22 bits per heavy atom. The molecule has 0 saturated heterocycles. The van der Waals surface area contributed by atoms with Crippen LogP contribution < -0.4 is 20.9 Å². The van der Waals surface area contributed by atoms with Crippen molar-refractivity contribution < 1.29 is 14.4 Å². The van der Waals surface area contributed by atoms with E-state index < -0.39 is 5.91 Å². The highest BCUT2D eigenvalue weighted by molar-refractivity contribution is 5.98. The van der Waals surface area contributed by atoms with E-state index in [4.69, 9.17) is 9.57 Å². The van der Waals surface area contributed by atoms with Crippen LogP contribution in [0.2, 0.25) is 0 Å². The predicted molar refractivity (Wildman–Crippen MR) is 118 cm³/mol. The Kier molecular flexibility index (Phi) is 5.99. The lowest BCUT2D eigenvalue weighted by atomic mass is 10.1. The molecule has 4 rings (SSSR count). The summed E-state index contributed by atoms with van der Waals surface area (Å²) in [6.07, 6.45) is 3.81. The van der Waals surface area contributed by atoms with Crippen LogP contribution in [0.4, 0.5) is 17.2 Å². The lowest BCUT2D eigenvalue weighted by Gasteiger charge is -2.16. The van der Waals surface area contributed by atoms with Crippen LogP contribution in [0.5, 0.6) is 5.75 Å². The van der Waals surface area contributed by atoms with E-state index in [1.807, 2.05) is 18.2 Å². The average molecular weight is 436 g/mol. The lowest BCUT2D eigenvalue weighted by molar-refractivity contribution is 0.0532. The molecule has 2 aromatic heterocycles. The molecule has 0 bridgehead atoms. The molecule has 1 fully saturated rings. The number of methoxy groups -OCH3 is 1. The molecule has 0 spiro atoms. The number of hydrogen-bond acceptors (Lipinski definition) is 9. The van der Waals surface area contributed by atoms with Crippen molar-refractivity contribution in [2.75, 3.05) is 24.9 Å². The molecular formula is C21H24N8O3. The molecule has 0 unspecified atom stereocenters. The highest BCUT2D eigenvalue weighted by Crippen LogP contribution is 2.38. The summed E-state index contributed by atoms with van der Waals surface area (Å²) in [7, 11) is 4.70. The van der Waals surface area contributed by atoms with Gasteiger partial charge in [0.1, 0.15) is 6.33 Å². The number of nitrogens with one attached hydrogen (secondary N) is 3. The minimum absolute atomic E-state index is 0.0536. The normalized spacial score (nSPS) is 12.8. The summed E-state index contributed by atoms with van der Waals surface area (Å²) in [6.45, 7) is 4.05. The number of amides is 1. The van der Waals surface area contributed by atoms with Crippen molar-refractivity contribution in [3.8, 4) is 17.1 Å². The SMILES string of the molecule is C=C(Nc1cc(Nc2cccc(-c3ncn(C)n3)c2OC)c(C(=O)NOC)nn1)C1CC1. The van der Waals surface area contributed by atoms with Crippen LogP contribution in [0.25, 0.3) is 11.4 Å². The van der Waals surface area contributed by atoms with Crippen LogP contribution in [0, 0.1) is 5.92 Å². The fourth-order valence-corrected chi connectivity index (χ4v) is 3.19. The maximum Gasteiger partial charge on any atom is 0.297 e. The first kappa shape index (κ1) is 21.2. The topological polar surface area (TPSA) is 128 Å². The number of carbonyl (C=O) groups excluding carboxylic acids is 1. The van der Waals surface area contributed by atoms with Gasteiger partial charge in [-0.05, 0) is 30.9 Å². The first-order chi connectivity index (χ1) is 15.5. The molecule has 2 heterocycles. The molecule has 1 aliphatic rings. The molecule has 3 N–H and O–H groups in total. The van der Waals surface area contributed by atoms with Gasteiger partial charge in [0, 0.05) is 18.8 Å². The number of benzene rings is 1. The number of aryl methyl sites for hydroxylation is 1. The largest absolute Gasteiger partial charge is 0.494 e. The number of para-hydroxylation sites is 1. The second-order valence-corrected chi connectivity index (χ2v) is 7.30. The van der Waals surface area contributed by atoms with Crippen molar-refractivity contribution in [2.45, 2.75) is 12.8 Å². The molecule has 1 saturated carbocycles. The third-order valence-electron chi connectivity index (χ3n) is 4.89. The summed E-state index contributed by atoms with van der Waals surface area (Å²) in [5.41, 5.74) is 4.91. The number of allylic oxidation sites excluding steroid dienone is 1. The van der Waals surface area contributed by atoms with E-state index in [1.54, 1.807) is 31.2 Å². The Morgan fingerprint density at radius 3 is 2.69 bits per heavy atom. The van der Waals surface area contributed by atoms with Crippen molar-refractivity contribution in [3.63, 3.8) is 0 Å². The van der Waals surface area contributed by atoms with Gasteiger partial charge in [0.05, 0.1) is 31.2 Å². The fourth-order valence-electron chi connectivity index (χ4n) is 3.19. The molecule has 0 aliphatic heterocycles. The second kappa shape index (κ2) is 9.02. The van der Waals surface area contributed by atoms with Gasteiger partial charge in [-0.1, -0.05) is 12.6 Å². The standard InChI is InChI=1S/C21H24N8O3/c1-12(13-8-9-13)23-17-10-16(18(26-25-17)21(30)28-32-4)24-15-7-5-6-14(19(15)31-3)20-22-11-29(2)27-20/h5-7,10-11,13H,1,8-9H2,2-4H3,(H,28,30)(H2,23,24,25). The zero-order valence-corrected chi connectivity index (χ0v) is 18.0. The summed E-state index contributed by atoms with van der Waals surface area (Å²) in [6, 6.07) is 7.21. The van der Waals surface area contributed by atoms with Gasteiger partial charge in [0.15, 0.2) is 23.1 Å². The molecule has 11 heteroatoms. The molecule has 32 heavy (non-hydrogen) atoms. The molecule has 0 radical (unpaired) electrons. The van der Waals surface area contributed by atoms with Gasteiger partial charge in [0.25, 0.3) is 5.91 Å². The molecule has 3 aromatic rings. The van der Waals surface area contributed by atoms with Gasteiger partial charge in [-0.15, -0.1) is 10.2 Å². The summed E-state index contributed by atoms with van der Waals surface area (Å²) >= 11 is 0. The first-order valence-electron chi connectivity index (χ1n) is 9.97. The predicted octanol–water partition coefficient (Wildman–Crippen LogP) is 2.65. The lowest BCUT2D eigenvalue weighted by Crippen LogP contribution is -2.24. The van der Waals surface area contributed by atoms with Crippen molar-refractivity contribution in [2.24, 2.45) is 13.0 Å². The summed E-state index contributed by atoms with van der Waals surface area (Å²) in [5.74, 6) is 1.40. The van der Waals surface area contributed by atoms with Crippen molar-refractivity contribution >= 4 is 23.1 Å². The number of rotatable bonds is 9. The van der Waals surface area contributed by atoms with Crippen LogP contribution in [-0.2, 0) is 11.9 Å². The number of ether oxygens (including phenoxy) is 1. The Hall–Kier alpha value is -3.99. The smallest absolute Gasteiger partial charge is 0.297 e. The minimum Gasteiger partial charge on any atom is -0.494 e. The number of aromatic nitrogens is 5. The number of carbonyl (C=O) groups is 1. The van der Waals surface area contributed by atoms with E-state index in [1.165, 1.54) is 7.11 Å². The Bertz CT molecular complexity index is 1160. The number of hydroxylamine groups is 1. The van der Waals surface area contributed by atoms with E-state index in [-0.39, 0.29) is 5.69 Å². The molecular weight excluding hydrogens is 412 g/mol. The zero-order valence-electron chi connectivity index (χ0n) is 18.0. The highest BCUT2D eigenvalue weighted by atomic mass is 16.6. The number of nitrogens with zero attached hydrogens (tertiary/aromatic N) is 5. The molecule has 1 aliphatic carbocycles. The van der Waals surface area contributed by atoms with E-state index >= 15 is 0 Å². The summed E-state index contributed by atoms with van der Waals surface area (Å²) in [4.78, 5) is 21.5. The average Bonchev–Trinajstić information content (AvgIpc) is 3.55. The van der Waals surface area contributed by atoms with Gasteiger partial charge in [-0.2, -0.15) is 5.10 Å². The van der Waals surface area contributed by atoms with Gasteiger partial charge < -0.3 is 15.4 Å². The van der Waals surface area contributed by atoms with Crippen LogP contribution in [0.15, 0.2) is 42.9 Å². The van der Waals surface area contributed by atoms with Gasteiger partial charge in [-0.3, -0.25) is 14.3 Å². The monoisotopic (exact) mass is 436 g/mol. The molecule has 11 nitrogen and oxygen atoms in total. The third-order valence-corrected chi connectivity index (χ3v) is 4.89. The van der Waals surface area contributed by atoms with E-state index in [9.17, 15) is 4.79 Å². The van der Waals surface area contributed by atoms with Crippen LogP contribution in [0.1, 0.15) is 23.3 Å². The molecule has 1 amide bonds. The summed E-state index contributed by atoms with van der Waals surface area (Å²) in [5, 5.41) is 19.0. The van der Waals surface area contributed by atoms with Crippen LogP contribution in [-0.4, -0.2) is 45.1 Å². The van der Waals surface area contributed by atoms with Gasteiger partial charge in [0.2, 0.25) is 0 Å². The number of hydrogen-bond donors (Lipinski definition) is 3. The first-order valence-corrected chi connectivity index (χ1v) is 9.97. The highest BCUT2D eigenvalue weighted by Gasteiger charge is 2.25.